The van der Waals surface area contributed by atoms with E-state index < -0.39 is 0 Å². The number of nitrogens with zero attached hydrogens (tertiary/aromatic N) is 1. The first kappa shape index (κ1) is 24.8. The molecule has 2 fully saturated rings. The van der Waals surface area contributed by atoms with Crippen LogP contribution < -0.4 is 9.47 Å². The number of thiocarbonyl (C=S) groups is 1. The molecule has 2 heterocycles. The lowest BCUT2D eigenvalue weighted by atomic mass is 10.1. The molecule has 2 aliphatic heterocycles. The van der Waals surface area contributed by atoms with E-state index in [1.165, 1.54) is 11.8 Å². The first-order valence-electron chi connectivity index (χ1n) is 10.2. The van der Waals surface area contributed by atoms with Crippen molar-refractivity contribution in [1.29, 1.82) is 0 Å². The maximum atomic E-state index is 13.0. The molecule has 10 heteroatoms. The molecule has 33 heavy (non-hydrogen) atoms. The van der Waals surface area contributed by atoms with Crippen LogP contribution in [0.2, 0.25) is 10.0 Å². The predicted molar refractivity (Wildman–Crippen MR) is 140 cm³/mol. The number of halogens is 3. The number of rotatable bonds is 7. The van der Waals surface area contributed by atoms with Crippen LogP contribution in [0.4, 0.5) is 0 Å². The molecule has 0 unspecified atom stereocenters. The van der Waals surface area contributed by atoms with Crippen molar-refractivity contribution in [2.45, 2.75) is 25.6 Å². The lowest BCUT2D eigenvalue weighted by Crippen LogP contribution is -2.35. The minimum atomic E-state index is -0.107. The average Bonchev–Trinajstić information content (AvgIpc) is 3.39. The van der Waals surface area contributed by atoms with Gasteiger partial charge in [-0.2, -0.15) is 0 Å². The largest absolute Gasteiger partial charge is 0.493 e. The van der Waals surface area contributed by atoms with E-state index in [0.29, 0.717) is 37.3 Å². The number of benzene rings is 2. The van der Waals surface area contributed by atoms with Crippen molar-refractivity contribution in [3.63, 3.8) is 0 Å². The Labute approximate surface area is 220 Å². The predicted octanol–water partition coefficient (Wildman–Crippen LogP) is 6.72. The van der Waals surface area contributed by atoms with E-state index in [0.717, 1.165) is 35.0 Å². The maximum Gasteiger partial charge on any atom is 0.266 e. The molecule has 0 radical (unpaired) electrons. The molecule has 2 aliphatic rings. The number of ether oxygens (including phenoxy) is 3. The van der Waals surface area contributed by atoms with E-state index in [-0.39, 0.29) is 18.6 Å². The van der Waals surface area contributed by atoms with E-state index in [1.54, 1.807) is 30.2 Å². The zero-order valence-electron chi connectivity index (χ0n) is 17.6. The van der Waals surface area contributed by atoms with Crippen LogP contribution in [0.5, 0.6) is 11.5 Å². The summed E-state index contributed by atoms with van der Waals surface area (Å²) in [5.74, 6) is 0.965. The molecule has 2 aromatic carbocycles. The van der Waals surface area contributed by atoms with Crippen LogP contribution in [0.25, 0.3) is 6.08 Å². The molecule has 1 amide bonds. The van der Waals surface area contributed by atoms with Crippen LogP contribution in [-0.2, 0) is 16.1 Å². The Kier molecular flexibility index (Phi) is 8.25. The molecular formula is C23H20BrCl2NO4S2. The molecule has 0 N–H and O–H groups in total. The Balaban J connectivity index is 1.52. The van der Waals surface area contributed by atoms with Crippen LogP contribution in [0, 0.1) is 0 Å². The summed E-state index contributed by atoms with van der Waals surface area (Å²) in [6, 6.07) is 8.88. The number of hydrogen-bond donors (Lipinski definition) is 0. The van der Waals surface area contributed by atoms with Crippen LogP contribution in [0.15, 0.2) is 39.7 Å². The van der Waals surface area contributed by atoms with Gasteiger partial charge in [0.25, 0.3) is 5.91 Å². The van der Waals surface area contributed by atoms with E-state index in [9.17, 15) is 4.79 Å². The van der Waals surface area contributed by atoms with Crippen molar-refractivity contribution in [1.82, 2.24) is 4.90 Å². The maximum absolute atomic E-state index is 13.0. The lowest BCUT2D eigenvalue weighted by molar-refractivity contribution is -0.123. The minimum Gasteiger partial charge on any atom is -0.493 e. The molecule has 2 saturated heterocycles. The molecule has 174 valence electrons. The van der Waals surface area contributed by atoms with E-state index in [2.05, 4.69) is 15.9 Å². The fraction of sp³-hybridized carbons (Fsp3) is 0.304. The molecule has 5 nitrogen and oxygen atoms in total. The summed E-state index contributed by atoms with van der Waals surface area (Å²) >= 11 is 22.5. The first-order valence-corrected chi connectivity index (χ1v) is 12.9. The Morgan fingerprint density at radius 2 is 2.12 bits per heavy atom. The zero-order chi connectivity index (χ0) is 23.5. The Hall–Kier alpha value is -1.29. The summed E-state index contributed by atoms with van der Waals surface area (Å²) < 4.78 is 18.4. The molecule has 2 aromatic rings. The second kappa shape index (κ2) is 11.0. The summed E-state index contributed by atoms with van der Waals surface area (Å²) in [7, 11) is 1.57. The van der Waals surface area contributed by atoms with Crippen LogP contribution in [0.1, 0.15) is 24.0 Å². The van der Waals surface area contributed by atoms with E-state index in [4.69, 9.17) is 49.6 Å². The van der Waals surface area contributed by atoms with Crippen molar-refractivity contribution < 1.29 is 19.0 Å². The van der Waals surface area contributed by atoms with E-state index >= 15 is 0 Å². The Morgan fingerprint density at radius 1 is 1.30 bits per heavy atom. The summed E-state index contributed by atoms with van der Waals surface area (Å²) in [6.07, 6.45) is 3.81. The van der Waals surface area contributed by atoms with Crippen LogP contribution in [0.3, 0.4) is 0 Å². The van der Waals surface area contributed by atoms with Crippen molar-refractivity contribution >= 4 is 79.4 Å². The average molecular weight is 589 g/mol. The summed E-state index contributed by atoms with van der Waals surface area (Å²) in [5, 5.41) is 1.09. The third-order valence-corrected chi connectivity index (χ3v) is 7.90. The SMILES string of the molecule is COc1cc(/C=C2\SC(=S)N(C[C@@H]3CCCO3)C2=O)c(Br)cc1OCc1ccc(Cl)cc1Cl. The third-order valence-electron chi connectivity index (χ3n) is 5.25. The highest BCUT2D eigenvalue weighted by Crippen LogP contribution is 2.39. The fourth-order valence-electron chi connectivity index (χ4n) is 3.52. The van der Waals surface area contributed by atoms with Gasteiger partial charge in [0.2, 0.25) is 0 Å². The molecule has 4 rings (SSSR count). The second-order valence-electron chi connectivity index (χ2n) is 7.48. The van der Waals surface area contributed by atoms with Gasteiger partial charge in [-0.15, -0.1) is 0 Å². The van der Waals surface area contributed by atoms with Gasteiger partial charge in [0.05, 0.1) is 24.7 Å². The van der Waals surface area contributed by atoms with Gasteiger partial charge in [0.15, 0.2) is 11.5 Å². The number of methoxy groups -OCH3 is 1. The van der Waals surface area contributed by atoms with Crippen LogP contribution >= 0.6 is 63.1 Å². The van der Waals surface area contributed by atoms with Crippen molar-refractivity contribution in [2.24, 2.45) is 0 Å². The highest BCUT2D eigenvalue weighted by atomic mass is 79.9. The summed E-state index contributed by atoms with van der Waals surface area (Å²) in [6.45, 7) is 1.48. The minimum absolute atomic E-state index is 0.0456. The standard InChI is InChI=1S/C23H20BrCl2NO4S2/c1-29-19-7-14(8-21-22(28)27(23(32)33-21)11-16-3-2-6-30-16)17(24)10-20(19)31-12-13-4-5-15(25)9-18(13)26/h4-5,7-10,16H,2-3,6,11-12H2,1H3/b21-8-/t16-/m0/s1. The summed E-state index contributed by atoms with van der Waals surface area (Å²) in [5.41, 5.74) is 1.58. The highest BCUT2D eigenvalue weighted by Gasteiger charge is 2.34. The number of carbonyl (C=O) groups excluding carboxylic acids is 1. The first-order chi connectivity index (χ1) is 15.9. The molecular weight excluding hydrogens is 569 g/mol. The highest BCUT2D eigenvalue weighted by molar-refractivity contribution is 9.10. The number of amides is 1. The molecule has 0 aliphatic carbocycles. The van der Waals surface area contributed by atoms with Gasteiger partial charge >= 0.3 is 0 Å². The van der Waals surface area contributed by atoms with Gasteiger partial charge in [-0.1, -0.05) is 69.2 Å². The van der Waals surface area contributed by atoms with Gasteiger partial charge in [0.1, 0.15) is 10.9 Å². The van der Waals surface area contributed by atoms with Crippen molar-refractivity contribution in [3.05, 3.63) is 60.9 Å². The normalized spacial score (nSPS) is 19.6. The van der Waals surface area contributed by atoms with Gasteiger partial charge in [-0.3, -0.25) is 9.69 Å². The van der Waals surface area contributed by atoms with Gasteiger partial charge in [-0.05, 0) is 48.7 Å². The zero-order valence-corrected chi connectivity index (χ0v) is 22.3. The van der Waals surface area contributed by atoms with Crippen molar-refractivity contribution in [2.75, 3.05) is 20.3 Å². The number of thioether (sulfide) groups is 1. The van der Waals surface area contributed by atoms with Gasteiger partial charge in [0, 0.05) is 26.7 Å². The van der Waals surface area contributed by atoms with Crippen LogP contribution in [-0.4, -0.2) is 41.5 Å². The fourth-order valence-corrected chi connectivity index (χ4v) is 5.68. The Morgan fingerprint density at radius 3 is 2.82 bits per heavy atom. The van der Waals surface area contributed by atoms with Crippen molar-refractivity contribution in [3.8, 4) is 11.5 Å². The lowest BCUT2D eigenvalue weighted by Gasteiger charge is -2.18. The monoisotopic (exact) mass is 587 g/mol. The molecule has 0 aromatic heterocycles. The number of carbonyl (C=O) groups is 1. The second-order valence-corrected chi connectivity index (χ2v) is 10.9. The molecule has 0 saturated carbocycles. The topological polar surface area (TPSA) is 48.0 Å². The van der Waals surface area contributed by atoms with Gasteiger partial charge in [-0.25, -0.2) is 0 Å². The molecule has 0 bridgehead atoms. The van der Waals surface area contributed by atoms with Gasteiger partial charge < -0.3 is 14.2 Å². The Bertz CT molecular complexity index is 1120. The molecule has 0 spiro atoms. The molecule has 1 atom stereocenters. The smallest absolute Gasteiger partial charge is 0.266 e. The number of hydrogen-bond acceptors (Lipinski definition) is 6. The summed E-state index contributed by atoms with van der Waals surface area (Å²) in [4.78, 5) is 15.1. The quantitative estimate of drug-likeness (QED) is 0.264. The van der Waals surface area contributed by atoms with E-state index in [1.807, 2.05) is 18.2 Å². The third kappa shape index (κ3) is 5.86.